The van der Waals surface area contributed by atoms with Crippen LogP contribution in [-0.2, 0) is 6.42 Å². The molecule has 1 saturated carbocycles. The van der Waals surface area contributed by atoms with Crippen molar-refractivity contribution in [1.82, 2.24) is 0 Å². The molecule has 1 fully saturated rings. The zero-order chi connectivity index (χ0) is 11.5. The summed E-state index contributed by atoms with van der Waals surface area (Å²) in [5.74, 6) is 0.480. The first-order valence-corrected chi connectivity index (χ1v) is 6.41. The van der Waals surface area contributed by atoms with Crippen LogP contribution < -0.4 is 0 Å². The van der Waals surface area contributed by atoms with Crippen LogP contribution in [0.1, 0.15) is 42.4 Å². The van der Waals surface area contributed by atoms with E-state index in [9.17, 15) is 5.11 Å². The van der Waals surface area contributed by atoms with E-state index in [1.54, 1.807) is 0 Å². The summed E-state index contributed by atoms with van der Waals surface area (Å²) >= 11 is 0. The molecule has 1 aliphatic carbocycles. The molecule has 16 heavy (non-hydrogen) atoms. The van der Waals surface area contributed by atoms with Crippen LogP contribution in [0.15, 0.2) is 18.2 Å². The molecule has 1 N–H and O–H groups in total. The lowest BCUT2D eigenvalue weighted by molar-refractivity contribution is 0.0699. The Hall–Kier alpha value is -0.820. The number of hydrogen-bond donors (Lipinski definition) is 1. The second kappa shape index (κ2) is 5.01. The molecule has 2 rings (SSSR count). The lowest BCUT2D eigenvalue weighted by atomic mass is 9.81. The van der Waals surface area contributed by atoms with Crippen LogP contribution >= 0.6 is 0 Å². The topological polar surface area (TPSA) is 20.2 Å². The van der Waals surface area contributed by atoms with Crippen molar-refractivity contribution in [2.24, 2.45) is 5.92 Å². The zero-order valence-electron chi connectivity index (χ0n) is 10.4. The number of benzene rings is 1. The Bertz CT molecular complexity index is 336. The predicted molar refractivity (Wildman–Crippen MR) is 67.6 cm³/mol. The summed E-state index contributed by atoms with van der Waals surface area (Å²) in [5.41, 5.74) is 4.20. The Kier molecular flexibility index (Phi) is 3.65. The van der Waals surface area contributed by atoms with Crippen molar-refractivity contribution in [3.63, 3.8) is 0 Å². The van der Waals surface area contributed by atoms with Gasteiger partial charge in [0.15, 0.2) is 0 Å². The second-order valence-corrected chi connectivity index (χ2v) is 5.19. The Morgan fingerprint density at radius 3 is 2.38 bits per heavy atom. The van der Waals surface area contributed by atoms with Crippen LogP contribution in [0.2, 0.25) is 0 Å². The first kappa shape index (κ1) is 11.7. The van der Waals surface area contributed by atoms with Crippen LogP contribution in [0.5, 0.6) is 0 Å². The molecule has 0 spiro atoms. The Morgan fingerprint density at radius 2 is 1.75 bits per heavy atom. The van der Waals surface area contributed by atoms with Gasteiger partial charge < -0.3 is 5.11 Å². The maximum atomic E-state index is 10.0. The number of aliphatic hydroxyl groups excluding tert-OH is 1. The molecular weight excluding hydrogens is 196 g/mol. The average Bonchev–Trinajstić information content (AvgIpc) is 2.26. The van der Waals surface area contributed by atoms with Gasteiger partial charge in [-0.05, 0) is 55.7 Å². The van der Waals surface area contributed by atoms with E-state index in [-0.39, 0.29) is 6.10 Å². The highest BCUT2D eigenvalue weighted by Crippen LogP contribution is 2.29. The van der Waals surface area contributed by atoms with Gasteiger partial charge in [-0.2, -0.15) is 0 Å². The molecule has 0 aromatic heterocycles. The Morgan fingerprint density at radius 1 is 1.12 bits per heavy atom. The molecule has 0 bridgehead atoms. The molecule has 0 saturated heterocycles. The molecule has 1 nitrogen and oxygen atoms in total. The van der Waals surface area contributed by atoms with Crippen LogP contribution in [0.25, 0.3) is 0 Å². The maximum Gasteiger partial charge on any atom is 0.0571 e. The fraction of sp³-hybridized carbons (Fsp3) is 0.600. The average molecular weight is 218 g/mol. The normalized spacial score (nSPS) is 25.7. The minimum atomic E-state index is -0.0762. The fourth-order valence-corrected chi connectivity index (χ4v) is 2.86. The predicted octanol–water partition coefficient (Wildman–Crippen LogP) is 3.40. The van der Waals surface area contributed by atoms with Crippen molar-refractivity contribution in [3.8, 4) is 0 Å². The molecule has 1 aliphatic rings. The standard InChI is InChI=1S/C15H22O/c1-11-6-5-7-12(2)14(11)10-13-8-3-4-9-15(13)16/h5-7,13,15-16H,3-4,8-10H2,1-2H3. The molecule has 0 aliphatic heterocycles. The van der Waals surface area contributed by atoms with Crippen molar-refractivity contribution in [3.05, 3.63) is 34.9 Å². The molecule has 88 valence electrons. The summed E-state index contributed by atoms with van der Waals surface area (Å²) in [4.78, 5) is 0. The van der Waals surface area contributed by atoms with Gasteiger partial charge in [0.25, 0.3) is 0 Å². The molecular formula is C15H22O. The van der Waals surface area contributed by atoms with Crippen LogP contribution in [0.4, 0.5) is 0 Å². The van der Waals surface area contributed by atoms with Crippen molar-refractivity contribution >= 4 is 0 Å². The molecule has 1 aromatic rings. The second-order valence-electron chi connectivity index (χ2n) is 5.19. The van der Waals surface area contributed by atoms with E-state index in [0.717, 1.165) is 12.8 Å². The van der Waals surface area contributed by atoms with Gasteiger partial charge in [0.2, 0.25) is 0 Å². The summed E-state index contributed by atoms with van der Waals surface area (Å²) in [7, 11) is 0. The molecule has 0 heterocycles. The third kappa shape index (κ3) is 2.46. The van der Waals surface area contributed by atoms with Gasteiger partial charge in [-0.3, -0.25) is 0 Å². The lowest BCUT2D eigenvalue weighted by Crippen LogP contribution is -2.26. The number of rotatable bonds is 2. The molecule has 1 aromatic carbocycles. The monoisotopic (exact) mass is 218 g/mol. The van der Waals surface area contributed by atoms with E-state index >= 15 is 0 Å². The highest BCUT2D eigenvalue weighted by atomic mass is 16.3. The van der Waals surface area contributed by atoms with Crippen LogP contribution in [0.3, 0.4) is 0 Å². The summed E-state index contributed by atoms with van der Waals surface area (Å²) in [6.45, 7) is 4.36. The SMILES string of the molecule is Cc1cccc(C)c1CC1CCCCC1O. The molecule has 2 unspecified atom stereocenters. The van der Waals surface area contributed by atoms with E-state index in [4.69, 9.17) is 0 Å². The smallest absolute Gasteiger partial charge is 0.0571 e. The van der Waals surface area contributed by atoms with Crippen molar-refractivity contribution in [1.29, 1.82) is 0 Å². The summed E-state index contributed by atoms with van der Waals surface area (Å²) in [5, 5.41) is 10.0. The van der Waals surface area contributed by atoms with E-state index < -0.39 is 0 Å². The van der Waals surface area contributed by atoms with Gasteiger partial charge in [-0.1, -0.05) is 31.0 Å². The molecule has 0 amide bonds. The van der Waals surface area contributed by atoms with E-state index in [2.05, 4.69) is 32.0 Å². The number of aryl methyl sites for hydroxylation is 2. The number of hydrogen-bond acceptors (Lipinski definition) is 1. The third-order valence-corrected chi connectivity index (χ3v) is 3.98. The van der Waals surface area contributed by atoms with E-state index in [1.165, 1.54) is 36.0 Å². The van der Waals surface area contributed by atoms with Crippen molar-refractivity contribution < 1.29 is 5.11 Å². The van der Waals surface area contributed by atoms with Gasteiger partial charge in [-0.25, -0.2) is 0 Å². The highest BCUT2D eigenvalue weighted by molar-refractivity contribution is 5.33. The lowest BCUT2D eigenvalue weighted by Gasteiger charge is -2.28. The minimum Gasteiger partial charge on any atom is -0.393 e. The fourth-order valence-electron chi connectivity index (χ4n) is 2.86. The van der Waals surface area contributed by atoms with E-state index in [0.29, 0.717) is 5.92 Å². The summed E-state index contributed by atoms with van der Waals surface area (Å²) < 4.78 is 0. The van der Waals surface area contributed by atoms with Crippen LogP contribution in [-0.4, -0.2) is 11.2 Å². The number of aliphatic hydroxyl groups is 1. The molecule has 1 heteroatoms. The Balaban J connectivity index is 2.13. The first-order valence-electron chi connectivity index (χ1n) is 6.41. The van der Waals surface area contributed by atoms with Gasteiger partial charge >= 0.3 is 0 Å². The summed E-state index contributed by atoms with van der Waals surface area (Å²) in [6.07, 6.45) is 5.65. The van der Waals surface area contributed by atoms with Gasteiger partial charge in [0.05, 0.1) is 6.10 Å². The highest BCUT2D eigenvalue weighted by Gasteiger charge is 2.23. The van der Waals surface area contributed by atoms with Crippen LogP contribution in [0, 0.1) is 19.8 Å². The maximum absolute atomic E-state index is 10.0. The quantitative estimate of drug-likeness (QED) is 0.806. The van der Waals surface area contributed by atoms with Gasteiger partial charge in [0.1, 0.15) is 0 Å². The zero-order valence-corrected chi connectivity index (χ0v) is 10.4. The van der Waals surface area contributed by atoms with Crippen molar-refractivity contribution in [2.45, 2.75) is 52.1 Å². The van der Waals surface area contributed by atoms with E-state index in [1.807, 2.05) is 0 Å². The first-order chi connectivity index (χ1) is 7.68. The van der Waals surface area contributed by atoms with Gasteiger partial charge in [0, 0.05) is 0 Å². The van der Waals surface area contributed by atoms with Gasteiger partial charge in [-0.15, -0.1) is 0 Å². The Labute approximate surface area is 98.5 Å². The summed E-state index contributed by atoms with van der Waals surface area (Å²) in [6, 6.07) is 6.47. The molecule has 2 atom stereocenters. The van der Waals surface area contributed by atoms with Crippen molar-refractivity contribution in [2.75, 3.05) is 0 Å². The minimum absolute atomic E-state index is 0.0762. The third-order valence-electron chi connectivity index (χ3n) is 3.98. The largest absolute Gasteiger partial charge is 0.393 e. The molecule has 0 radical (unpaired) electrons.